The first-order valence-corrected chi connectivity index (χ1v) is 7.12. The van der Waals surface area contributed by atoms with Gasteiger partial charge in [-0.15, -0.1) is 0 Å². The molecule has 1 aromatic rings. The molecule has 0 radical (unpaired) electrons. The van der Waals surface area contributed by atoms with Gasteiger partial charge in [-0.3, -0.25) is 0 Å². The molecular weight excluding hydrogens is 234 g/mol. The molecule has 0 saturated heterocycles. The Kier molecular flexibility index (Phi) is 4.16. The van der Waals surface area contributed by atoms with E-state index in [0.29, 0.717) is 0 Å². The fraction of sp³-hybridized carbons (Fsp3) is 0.625. The van der Waals surface area contributed by atoms with Crippen LogP contribution in [-0.4, -0.2) is 44.2 Å². The molecular formula is C16H27N3. The number of aryl methyl sites for hydroxylation is 1. The minimum Gasteiger partial charge on any atom is -0.368 e. The van der Waals surface area contributed by atoms with E-state index in [1.165, 1.54) is 16.8 Å². The fourth-order valence-corrected chi connectivity index (χ4v) is 2.64. The Balaban J connectivity index is 2.27. The highest BCUT2D eigenvalue weighted by Crippen LogP contribution is 2.27. The summed E-state index contributed by atoms with van der Waals surface area (Å²) in [7, 11) is 4.27. The van der Waals surface area contributed by atoms with Gasteiger partial charge in [0.05, 0.1) is 0 Å². The highest BCUT2D eigenvalue weighted by molar-refractivity contribution is 5.56. The van der Waals surface area contributed by atoms with Crippen LogP contribution < -0.4 is 10.2 Å². The first-order chi connectivity index (χ1) is 8.87. The molecule has 1 N–H and O–H groups in total. The van der Waals surface area contributed by atoms with Gasteiger partial charge < -0.3 is 15.1 Å². The number of benzene rings is 1. The third-order valence-corrected chi connectivity index (χ3v) is 3.74. The highest BCUT2D eigenvalue weighted by Gasteiger charge is 2.26. The van der Waals surface area contributed by atoms with Gasteiger partial charge in [0.15, 0.2) is 0 Å². The van der Waals surface area contributed by atoms with Gasteiger partial charge >= 0.3 is 0 Å². The zero-order valence-corrected chi connectivity index (χ0v) is 13.0. The van der Waals surface area contributed by atoms with Crippen molar-refractivity contribution in [3.8, 4) is 0 Å². The summed E-state index contributed by atoms with van der Waals surface area (Å²) in [6.45, 7) is 10.9. The van der Waals surface area contributed by atoms with Crippen molar-refractivity contribution in [1.29, 1.82) is 0 Å². The summed E-state index contributed by atoms with van der Waals surface area (Å²) in [5.74, 6) is 0. The summed E-state index contributed by atoms with van der Waals surface area (Å²) in [6.07, 6.45) is 0. The molecule has 0 bridgehead atoms. The van der Waals surface area contributed by atoms with Crippen molar-refractivity contribution in [3.63, 3.8) is 0 Å². The van der Waals surface area contributed by atoms with Crippen molar-refractivity contribution in [3.05, 3.63) is 29.3 Å². The van der Waals surface area contributed by atoms with E-state index in [1.54, 1.807) is 0 Å². The lowest BCUT2D eigenvalue weighted by molar-refractivity contribution is 0.375. The van der Waals surface area contributed by atoms with Crippen molar-refractivity contribution < 1.29 is 0 Å². The van der Waals surface area contributed by atoms with Gasteiger partial charge in [0.1, 0.15) is 0 Å². The summed E-state index contributed by atoms with van der Waals surface area (Å²) in [5, 5.41) is 3.67. The lowest BCUT2D eigenvalue weighted by Gasteiger charge is -2.33. The molecule has 0 saturated carbocycles. The average molecular weight is 261 g/mol. The molecule has 0 atom stereocenters. The minimum atomic E-state index is 0.152. The van der Waals surface area contributed by atoms with Crippen LogP contribution in [0.1, 0.15) is 25.0 Å². The van der Waals surface area contributed by atoms with E-state index in [2.05, 4.69) is 68.2 Å². The molecule has 2 rings (SSSR count). The number of nitrogens with one attached hydrogen (secondary N) is 1. The number of nitrogens with zero attached hydrogens (tertiary/aromatic N) is 2. The first-order valence-electron chi connectivity index (χ1n) is 7.12. The van der Waals surface area contributed by atoms with Crippen LogP contribution in [0.4, 0.5) is 5.69 Å². The number of anilines is 1. The van der Waals surface area contributed by atoms with Crippen LogP contribution in [0.3, 0.4) is 0 Å². The number of hydrogen-bond acceptors (Lipinski definition) is 3. The second kappa shape index (κ2) is 5.51. The molecule has 1 aromatic carbocycles. The van der Waals surface area contributed by atoms with Crippen molar-refractivity contribution in [2.75, 3.05) is 38.6 Å². The molecule has 0 aromatic heterocycles. The zero-order valence-electron chi connectivity index (χ0n) is 13.0. The van der Waals surface area contributed by atoms with Crippen molar-refractivity contribution in [2.45, 2.75) is 32.9 Å². The van der Waals surface area contributed by atoms with E-state index in [9.17, 15) is 0 Å². The number of likely N-dealkylation sites (N-methyl/N-ethyl adjacent to an activating group) is 1. The molecule has 106 valence electrons. The predicted octanol–water partition coefficient (Wildman–Crippen LogP) is 2.24. The van der Waals surface area contributed by atoms with Crippen molar-refractivity contribution in [1.82, 2.24) is 10.2 Å². The van der Waals surface area contributed by atoms with Gasteiger partial charge in [0, 0.05) is 37.4 Å². The Morgan fingerprint density at radius 1 is 1.32 bits per heavy atom. The maximum Gasteiger partial charge on any atom is 0.0413 e. The molecule has 19 heavy (non-hydrogen) atoms. The Morgan fingerprint density at radius 2 is 2.05 bits per heavy atom. The van der Waals surface area contributed by atoms with Crippen LogP contribution in [0.5, 0.6) is 0 Å². The Hall–Kier alpha value is -1.06. The van der Waals surface area contributed by atoms with Crippen LogP contribution in [-0.2, 0) is 6.54 Å². The van der Waals surface area contributed by atoms with E-state index < -0.39 is 0 Å². The highest BCUT2D eigenvalue weighted by atomic mass is 15.2. The normalized spacial score (nSPS) is 18.3. The van der Waals surface area contributed by atoms with Crippen LogP contribution in [0.25, 0.3) is 0 Å². The lowest BCUT2D eigenvalue weighted by atomic mass is 10.1. The molecule has 0 unspecified atom stereocenters. The van der Waals surface area contributed by atoms with Gasteiger partial charge in [-0.05, 0) is 46.5 Å². The summed E-state index contributed by atoms with van der Waals surface area (Å²) in [6, 6.07) is 6.82. The van der Waals surface area contributed by atoms with Crippen LogP contribution in [0.2, 0.25) is 0 Å². The molecule has 3 heteroatoms. The number of rotatable bonds is 3. The van der Waals surface area contributed by atoms with Crippen LogP contribution in [0.15, 0.2) is 18.2 Å². The van der Waals surface area contributed by atoms with Gasteiger partial charge in [-0.1, -0.05) is 17.7 Å². The topological polar surface area (TPSA) is 18.5 Å². The van der Waals surface area contributed by atoms with Gasteiger partial charge in [0.25, 0.3) is 0 Å². The van der Waals surface area contributed by atoms with Crippen LogP contribution in [0, 0.1) is 6.92 Å². The van der Waals surface area contributed by atoms with Gasteiger partial charge in [-0.25, -0.2) is 0 Å². The maximum absolute atomic E-state index is 3.67. The second-order valence-electron chi connectivity index (χ2n) is 6.59. The Labute approximate surface area is 117 Å². The fourth-order valence-electron chi connectivity index (χ4n) is 2.64. The van der Waals surface area contributed by atoms with E-state index in [1.807, 2.05) is 0 Å². The third-order valence-electron chi connectivity index (χ3n) is 3.74. The predicted molar refractivity (Wildman–Crippen MR) is 82.9 cm³/mol. The Morgan fingerprint density at radius 3 is 2.74 bits per heavy atom. The number of hydrogen-bond donors (Lipinski definition) is 1. The zero-order chi connectivity index (χ0) is 14.0. The maximum atomic E-state index is 3.67. The molecule has 1 aliphatic rings. The molecule has 0 fully saturated rings. The molecule has 1 heterocycles. The molecule has 0 spiro atoms. The van der Waals surface area contributed by atoms with Crippen molar-refractivity contribution in [2.24, 2.45) is 0 Å². The molecule has 0 aliphatic carbocycles. The standard InChI is InChI=1S/C16H27N3/c1-13-6-7-15-14(10-13)11-17-16(2,3)12-19(15)9-8-18(4)5/h6-7,10,17H,8-9,11-12H2,1-5H3. The third kappa shape index (κ3) is 3.71. The van der Waals surface area contributed by atoms with Gasteiger partial charge in [0.2, 0.25) is 0 Å². The average Bonchev–Trinajstić information content (AvgIpc) is 2.44. The number of fused-ring (bicyclic) bond motifs is 1. The monoisotopic (exact) mass is 261 g/mol. The summed E-state index contributed by atoms with van der Waals surface area (Å²) >= 11 is 0. The summed E-state index contributed by atoms with van der Waals surface area (Å²) < 4.78 is 0. The van der Waals surface area contributed by atoms with Crippen LogP contribution >= 0.6 is 0 Å². The van der Waals surface area contributed by atoms with Crippen molar-refractivity contribution >= 4 is 5.69 Å². The second-order valence-corrected chi connectivity index (χ2v) is 6.59. The van der Waals surface area contributed by atoms with E-state index >= 15 is 0 Å². The molecule has 0 amide bonds. The summed E-state index contributed by atoms with van der Waals surface area (Å²) in [5.41, 5.74) is 4.31. The SMILES string of the molecule is Cc1ccc2c(c1)CNC(C)(C)CN2CCN(C)C. The minimum absolute atomic E-state index is 0.152. The summed E-state index contributed by atoms with van der Waals surface area (Å²) in [4.78, 5) is 4.77. The first kappa shape index (κ1) is 14.4. The largest absolute Gasteiger partial charge is 0.368 e. The Bertz CT molecular complexity index is 438. The van der Waals surface area contributed by atoms with Gasteiger partial charge in [-0.2, -0.15) is 0 Å². The smallest absolute Gasteiger partial charge is 0.0413 e. The van der Waals surface area contributed by atoms with E-state index in [-0.39, 0.29) is 5.54 Å². The lowest BCUT2D eigenvalue weighted by Crippen LogP contribution is -2.48. The molecule has 1 aliphatic heterocycles. The molecule has 3 nitrogen and oxygen atoms in total. The van der Waals surface area contributed by atoms with E-state index in [0.717, 1.165) is 26.2 Å². The quantitative estimate of drug-likeness (QED) is 0.900. The van der Waals surface area contributed by atoms with E-state index in [4.69, 9.17) is 0 Å².